The molecule has 0 saturated heterocycles. The zero-order chi connectivity index (χ0) is 15.0. The van der Waals surface area contributed by atoms with Crippen LogP contribution in [0.15, 0.2) is 30.3 Å². The molecule has 0 aromatic heterocycles. The van der Waals surface area contributed by atoms with E-state index in [1.165, 1.54) is 11.6 Å². The summed E-state index contributed by atoms with van der Waals surface area (Å²) in [4.78, 5) is 22.0. The minimum atomic E-state index is -0.803. The van der Waals surface area contributed by atoms with Crippen molar-refractivity contribution in [1.29, 1.82) is 0 Å². The number of nitrogens with one attached hydrogen (secondary N) is 1. The van der Waals surface area contributed by atoms with E-state index in [2.05, 4.69) is 5.32 Å². The highest BCUT2D eigenvalue weighted by molar-refractivity contribution is 5.91. The molecule has 0 aliphatic carbocycles. The van der Waals surface area contributed by atoms with Crippen LogP contribution in [0.4, 0.5) is 0 Å². The Morgan fingerprint density at radius 3 is 2.55 bits per heavy atom. The van der Waals surface area contributed by atoms with Crippen LogP contribution in [0, 0.1) is 12.8 Å². The van der Waals surface area contributed by atoms with Crippen LogP contribution in [-0.4, -0.2) is 23.5 Å². The lowest BCUT2D eigenvalue weighted by atomic mass is 10.1. The topological polar surface area (TPSA) is 66.4 Å². The summed E-state index contributed by atoms with van der Waals surface area (Å²) in [5.41, 5.74) is 2.16. The van der Waals surface area contributed by atoms with Crippen LogP contribution in [0.2, 0.25) is 0 Å². The third-order valence-electron chi connectivity index (χ3n) is 2.98. The van der Waals surface area contributed by atoms with E-state index in [1.54, 1.807) is 6.08 Å². The molecular weight excluding hydrogens is 254 g/mol. The first-order chi connectivity index (χ1) is 9.47. The van der Waals surface area contributed by atoms with E-state index in [0.717, 1.165) is 5.56 Å². The first-order valence-corrected chi connectivity index (χ1v) is 6.71. The molecule has 4 nitrogen and oxygen atoms in total. The Morgan fingerprint density at radius 2 is 1.95 bits per heavy atom. The number of carbonyl (C=O) groups is 2. The molecule has 4 heteroatoms. The van der Waals surface area contributed by atoms with Crippen LogP contribution in [0.25, 0.3) is 6.08 Å². The van der Waals surface area contributed by atoms with E-state index in [1.807, 2.05) is 38.1 Å². The highest BCUT2D eigenvalue weighted by Gasteiger charge is 2.06. The molecule has 2 N–H and O–H groups in total. The Bertz CT molecular complexity index is 477. The predicted molar refractivity (Wildman–Crippen MR) is 79.3 cm³/mol. The number of amides is 1. The third kappa shape index (κ3) is 6.73. The Kier molecular flexibility index (Phi) is 6.50. The summed E-state index contributed by atoms with van der Waals surface area (Å²) in [7, 11) is 0. The Hall–Kier alpha value is -2.10. The lowest BCUT2D eigenvalue weighted by Crippen LogP contribution is -2.26. The number of carboxylic acids is 1. The summed E-state index contributed by atoms with van der Waals surface area (Å²) in [5, 5.41) is 11.3. The maximum atomic E-state index is 11.6. The molecule has 0 fully saturated rings. The van der Waals surface area contributed by atoms with Gasteiger partial charge in [0.05, 0.1) is 0 Å². The molecule has 0 bridgehead atoms. The second-order valence-corrected chi connectivity index (χ2v) is 5.03. The van der Waals surface area contributed by atoms with Gasteiger partial charge in [0.1, 0.15) is 0 Å². The van der Waals surface area contributed by atoms with Crippen LogP contribution in [0.5, 0.6) is 0 Å². The molecule has 1 amide bonds. The van der Waals surface area contributed by atoms with Crippen molar-refractivity contribution in [2.75, 3.05) is 6.54 Å². The van der Waals surface area contributed by atoms with E-state index in [4.69, 9.17) is 5.11 Å². The quantitative estimate of drug-likeness (QED) is 0.752. The summed E-state index contributed by atoms with van der Waals surface area (Å²) < 4.78 is 0. The van der Waals surface area contributed by atoms with Gasteiger partial charge in [-0.05, 0) is 30.9 Å². The van der Waals surface area contributed by atoms with Crippen LogP contribution < -0.4 is 5.32 Å². The molecule has 108 valence electrons. The van der Waals surface area contributed by atoms with Gasteiger partial charge >= 0.3 is 5.97 Å². The summed E-state index contributed by atoms with van der Waals surface area (Å²) >= 11 is 0. The summed E-state index contributed by atoms with van der Waals surface area (Å²) in [6.07, 6.45) is 3.96. The second kappa shape index (κ2) is 8.15. The van der Waals surface area contributed by atoms with Crippen molar-refractivity contribution in [3.8, 4) is 0 Å². The van der Waals surface area contributed by atoms with Crippen molar-refractivity contribution in [1.82, 2.24) is 5.32 Å². The minimum Gasteiger partial charge on any atom is -0.481 e. The first kappa shape index (κ1) is 16.0. The highest BCUT2D eigenvalue weighted by Crippen LogP contribution is 2.05. The van der Waals surface area contributed by atoms with Crippen LogP contribution in [0.3, 0.4) is 0 Å². The average Bonchev–Trinajstić information content (AvgIpc) is 2.42. The van der Waals surface area contributed by atoms with Gasteiger partial charge in [0.2, 0.25) is 5.91 Å². The van der Waals surface area contributed by atoms with E-state index >= 15 is 0 Å². The van der Waals surface area contributed by atoms with Crippen molar-refractivity contribution in [3.05, 3.63) is 41.5 Å². The minimum absolute atomic E-state index is 0.135. The molecule has 1 aromatic rings. The monoisotopic (exact) mass is 275 g/mol. The van der Waals surface area contributed by atoms with E-state index in [0.29, 0.717) is 13.0 Å². The van der Waals surface area contributed by atoms with Gasteiger partial charge < -0.3 is 10.4 Å². The molecule has 1 aromatic carbocycles. The molecular formula is C16H21NO3. The van der Waals surface area contributed by atoms with Crippen molar-refractivity contribution >= 4 is 18.0 Å². The molecule has 20 heavy (non-hydrogen) atoms. The number of benzene rings is 1. The number of rotatable bonds is 7. The van der Waals surface area contributed by atoms with Gasteiger partial charge in [-0.2, -0.15) is 0 Å². The fourth-order valence-electron chi connectivity index (χ4n) is 1.66. The van der Waals surface area contributed by atoms with Crippen molar-refractivity contribution < 1.29 is 14.7 Å². The standard InChI is InChI=1S/C16H21NO3/c1-12-3-6-14(7-4-12)8-9-15(18)17-11-13(2)5-10-16(19)20/h3-4,6-9,13H,5,10-11H2,1-2H3,(H,17,18)(H,19,20)/b9-8+. The molecule has 0 aliphatic rings. The molecule has 0 aliphatic heterocycles. The summed E-state index contributed by atoms with van der Waals surface area (Å²) in [6.45, 7) is 4.43. The summed E-state index contributed by atoms with van der Waals surface area (Å²) in [5.74, 6) is -0.807. The molecule has 0 saturated carbocycles. The van der Waals surface area contributed by atoms with Gasteiger partial charge in [0.25, 0.3) is 0 Å². The molecule has 1 atom stereocenters. The molecule has 0 radical (unpaired) electrons. The first-order valence-electron chi connectivity index (χ1n) is 6.71. The van der Waals surface area contributed by atoms with Gasteiger partial charge in [-0.1, -0.05) is 36.8 Å². The Labute approximate surface area is 119 Å². The van der Waals surface area contributed by atoms with Crippen molar-refractivity contribution in [3.63, 3.8) is 0 Å². The number of aryl methyl sites for hydroxylation is 1. The number of hydrogen-bond donors (Lipinski definition) is 2. The van der Waals surface area contributed by atoms with Gasteiger partial charge in [-0.15, -0.1) is 0 Å². The van der Waals surface area contributed by atoms with Crippen LogP contribution in [0.1, 0.15) is 30.9 Å². The average molecular weight is 275 g/mol. The lowest BCUT2D eigenvalue weighted by Gasteiger charge is -2.09. The highest BCUT2D eigenvalue weighted by atomic mass is 16.4. The van der Waals surface area contributed by atoms with E-state index in [-0.39, 0.29) is 18.2 Å². The fraction of sp³-hybridized carbons (Fsp3) is 0.375. The van der Waals surface area contributed by atoms with Gasteiger partial charge in [0.15, 0.2) is 0 Å². The molecule has 0 spiro atoms. The van der Waals surface area contributed by atoms with Crippen molar-refractivity contribution in [2.24, 2.45) is 5.92 Å². The number of hydrogen-bond acceptors (Lipinski definition) is 2. The maximum Gasteiger partial charge on any atom is 0.303 e. The second-order valence-electron chi connectivity index (χ2n) is 5.03. The Morgan fingerprint density at radius 1 is 1.30 bits per heavy atom. The number of aliphatic carboxylic acids is 1. The number of carbonyl (C=O) groups excluding carboxylic acids is 1. The smallest absolute Gasteiger partial charge is 0.303 e. The van der Waals surface area contributed by atoms with Crippen LogP contribution in [-0.2, 0) is 9.59 Å². The maximum absolute atomic E-state index is 11.6. The van der Waals surface area contributed by atoms with Gasteiger partial charge in [-0.25, -0.2) is 0 Å². The molecule has 1 rings (SSSR count). The molecule has 0 heterocycles. The van der Waals surface area contributed by atoms with Gasteiger partial charge in [-0.3, -0.25) is 9.59 Å². The van der Waals surface area contributed by atoms with Crippen LogP contribution >= 0.6 is 0 Å². The number of carboxylic acid groups (broad SMARTS) is 1. The molecule has 1 unspecified atom stereocenters. The Balaban J connectivity index is 2.32. The lowest BCUT2D eigenvalue weighted by molar-refractivity contribution is -0.137. The van der Waals surface area contributed by atoms with Crippen molar-refractivity contribution in [2.45, 2.75) is 26.7 Å². The SMILES string of the molecule is Cc1ccc(/C=C/C(=O)NCC(C)CCC(=O)O)cc1. The fourth-order valence-corrected chi connectivity index (χ4v) is 1.66. The summed E-state index contributed by atoms with van der Waals surface area (Å²) in [6, 6.07) is 7.89. The van der Waals surface area contributed by atoms with E-state index in [9.17, 15) is 9.59 Å². The zero-order valence-electron chi connectivity index (χ0n) is 11.9. The predicted octanol–water partition coefficient (Wildman–Crippen LogP) is 2.63. The van der Waals surface area contributed by atoms with E-state index < -0.39 is 5.97 Å². The normalized spacial score (nSPS) is 12.3. The van der Waals surface area contributed by atoms with Gasteiger partial charge in [0, 0.05) is 19.0 Å². The third-order valence-corrected chi connectivity index (χ3v) is 2.98. The zero-order valence-corrected chi connectivity index (χ0v) is 11.9. The largest absolute Gasteiger partial charge is 0.481 e.